The first-order chi connectivity index (χ1) is 10.4. The molecule has 21 heavy (non-hydrogen) atoms. The summed E-state index contributed by atoms with van der Waals surface area (Å²) in [4.78, 5) is 11.1. The Morgan fingerprint density at radius 3 is 1.67 bits per heavy atom. The number of carbonyl (C=O) groups excluding carboxylic acids is 1. The van der Waals surface area contributed by atoms with E-state index in [2.05, 4.69) is 54.6 Å². The molecule has 0 aliphatic heterocycles. The van der Waals surface area contributed by atoms with E-state index in [1.807, 2.05) is 30.3 Å². The van der Waals surface area contributed by atoms with Crippen molar-refractivity contribution in [1.82, 2.24) is 0 Å². The van der Waals surface area contributed by atoms with Gasteiger partial charge in [-0.2, -0.15) is 0 Å². The minimum absolute atomic E-state index is 0.749. The average molecular weight is 334 g/mol. The second-order valence-electron chi connectivity index (χ2n) is 4.72. The molecule has 0 saturated heterocycles. The maximum absolute atomic E-state index is 11.1. The summed E-state index contributed by atoms with van der Waals surface area (Å²) >= 11 is -1.59. The van der Waals surface area contributed by atoms with E-state index in [4.69, 9.17) is 0 Å². The van der Waals surface area contributed by atoms with E-state index in [9.17, 15) is 4.79 Å². The van der Waals surface area contributed by atoms with Crippen molar-refractivity contribution in [2.75, 3.05) is 0 Å². The third kappa shape index (κ3) is 3.15. The summed E-state index contributed by atoms with van der Waals surface area (Å²) in [6, 6.07) is 29.2. The Balaban J connectivity index is 2.14. The molecule has 0 saturated carbocycles. The number of carbonyl (C=O) groups is 1. The van der Waals surface area contributed by atoms with Gasteiger partial charge in [0.25, 0.3) is 0 Å². The Hall–Kier alpha value is -2.11. The van der Waals surface area contributed by atoms with Gasteiger partial charge in [0.15, 0.2) is 0 Å². The second kappa shape index (κ2) is 6.56. The van der Waals surface area contributed by atoms with Crippen LogP contribution >= 0.6 is 0 Å². The third-order valence-corrected chi connectivity index (χ3v) is 8.38. The Bertz CT molecular complexity index is 683. The van der Waals surface area contributed by atoms with Gasteiger partial charge in [-0.3, -0.25) is 0 Å². The summed E-state index contributed by atoms with van der Waals surface area (Å²) in [5, 5.41) is 0. The zero-order valence-electron chi connectivity index (χ0n) is 11.5. The van der Waals surface area contributed by atoms with Gasteiger partial charge in [0.05, 0.1) is 0 Å². The fraction of sp³-hybridized carbons (Fsp3) is 0. The van der Waals surface area contributed by atoms with Crippen molar-refractivity contribution in [3.8, 4) is 0 Å². The van der Waals surface area contributed by atoms with Gasteiger partial charge in [0.1, 0.15) is 0 Å². The van der Waals surface area contributed by atoms with Crippen LogP contribution in [0.2, 0.25) is 0 Å². The first-order valence-electron chi connectivity index (χ1n) is 6.84. The maximum atomic E-state index is 11.1. The average Bonchev–Trinajstić information content (AvgIpc) is 2.57. The van der Waals surface area contributed by atoms with Gasteiger partial charge in [-0.05, 0) is 0 Å². The molecule has 3 aromatic rings. The van der Waals surface area contributed by atoms with Crippen LogP contribution < -0.4 is 13.1 Å². The van der Waals surface area contributed by atoms with E-state index in [0.29, 0.717) is 0 Å². The van der Waals surface area contributed by atoms with Crippen LogP contribution in [0.1, 0.15) is 10.4 Å². The number of hydrogen-bond acceptors (Lipinski definition) is 1. The molecule has 0 heterocycles. The van der Waals surface area contributed by atoms with Crippen LogP contribution in [-0.2, 0) is 0 Å². The molecule has 0 fully saturated rings. The predicted molar refractivity (Wildman–Crippen MR) is 89.4 cm³/mol. The molecule has 2 heteroatoms. The fourth-order valence-electron chi connectivity index (χ4n) is 2.34. The summed E-state index contributed by atoms with van der Waals surface area (Å²) in [7, 11) is 0. The molecule has 0 amide bonds. The van der Waals surface area contributed by atoms with E-state index < -0.39 is 14.7 Å². The predicted octanol–water partition coefficient (Wildman–Crippen LogP) is 2.02. The molecular weight excluding hydrogens is 319 g/mol. The second-order valence-corrected chi connectivity index (χ2v) is 9.38. The molecule has 0 unspecified atom stereocenters. The topological polar surface area (TPSA) is 17.1 Å². The van der Waals surface area contributed by atoms with Crippen molar-refractivity contribution in [2.45, 2.75) is 0 Å². The van der Waals surface area contributed by atoms with Crippen molar-refractivity contribution in [3.05, 3.63) is 90.5 Å². The van der Waals surface area contributed by atoms with Gasteiger partial charge in [-0.25, -0.2) is 0 Å². The van der Waals surface area contributed by atoms with Crippen molar-refractivity contribution in [3.63, 3.8) is 0 Å². The Labute approximate surface area is 129 Å². The SMILES string of the molecule is O=Cc1cccc([As](c2ccccc2)c2ccccc2)c1. The van der Waals surface area contributed by atoms with Gasteiger partial charge >= 0.3 is 129 Å². The molecule has 3 aromatic carbocycles. The quantitative estimate of drug-likeness (QED) is 0.527. The van der Waals surface area contributed by atoms with E-state index in [1.54, 1.807) is 0 Å². The summed E-state index contributed by atoms with van der Waals surface area (Å²) < 4.78 is 4.03. The third-order valence-electron chi connectivity index (χ3n) is 3.29. The van der Waals surface area contributed by atoms with E-state index in [-0.39, 0.29) is 0 Å². The standard InChI is InChI=1S/C19H15AsO/c21-15-16-8-7-13-19(14-16)20(17-9-3-1-4-10-17)18-11-5-2-6-12-18/h1-15H. The van der Waals surface area contributed by atoms with Crippen LogP contribution in [0.3, 0.4) is 0 Å². The Morgan fingerprint density at radius 2 is 1.14 bits per heavy atom. The Morgan fingerprint density at radius 1 is 0.619 bits per heavy atom. The van der Waals surface area contributed by atoms with Crippen molar-refractivity contribution in [1.29, 1.82) is 0 Å². The number of rotatable bonds is 4. The van der Waals surface area contributed by atoms with Crippen LogP contribution in [0.4, 0.5) is 0 Å². The normalized spacial score (nSPS) is 10.5. The summed E-state index contributed by atoms with van der Waals surface area (Å²) in [6.07, 6.45) is 0.923. The molecule has 0 N–H and O–H groups in total. The molecular formula is C19H15AsO. The van der Waals surface area contributed by atoms with E-state index in [1.165, 1.54) is 13.1 Å². The van der Waals surface area contributed by atoms with Gasteiger partial charge in [-0.1, -0.05) is 0 Å². The van der Waals surface area contributed by atoms with Crippen LogP contribution in [0.5, 0.6) is 0 Å². The molecule has 0 bridgehead atoms. The summed E-state index contributed by atoms with van der Waals surface area (Å²) in [5.74, 6) is 0. The first-order valence-corrected chi connectivity index (χ1v) is 9.65. The van der Waals surface area contributed by atoms with Gasteiger partial charge in [0.2, 0.25) is 0 Å². The molecule has 0 aromatic heterocycles. The Kier molecular flexibility index (Phi) is 4.33. The molecule has 0 spiro atoms. The first kappa shape index (κ1) is 13.9. The van der Waals surface area contributed by atoms with Crippen LogP contribution in [0.15, 0.2) is 84.9 Å². The van der Waals surface area contributed by atoms with Crippen LogP contribution in [0.25, 0.3) is 0 Å². The van der Waals surface area contributed by atoms with Gasteiger partial charge in [0, 0.05) is 0 Å². The van der Waals surface area contributed by atoms with Crippen molar-refractivity contribution >= 4 is 34.0 Å². The molecule has 0 atom stereocenters. The molecule has 0 aliphatic carbocycles. The van der Waals surface area contributed by atoms with Gasteiger partial charge in [-0.15, -0.1) is 0 Å². The number of hydrogen-bond donors (Lipinski definition) is 0. The minimum atomic E-state index is -1.59. The van der Waals surface area contributed by atoms with Crippen LogP contribution in [0, 0.1) is 0 Å². The number of aldehydes is 1. The van der Waals surface area contributed by atoms with Gasteiger partial charge < -0.3 is 0 Å². The summed E-state index contributed by atoms with van der Waals surface area (Å²) in [5.41, 5.74) is 0.749. The zero-order valence-corrected chi connectivity index (χ0v) is 13.4. The van der Waals surface area contributed by atoms with Crippen LogP contribution in [-0.4, -0.2) is 20.9 Å². The van der Waals surface area contributed by atoms with Crippen molar-refractivity contribution < 1.29 is 4.79 Å². The fourth-order valence-corrected chi connectivity index (χ4v) is 7.27. The summed E-state index contributed by atoms with van der Waals surface area (Å²) in [6.45, 7) is 0. The molecule has 1 nitrogen and oxygen atoms in total. The monoisotopic (exact) mass is 334 g/mol. The molecule has 102 valence electrons. The van der Waals surface area contributed by atoms with E-state index in [0.717, 1.165) is 11.8 Å². The number of benzene rings is 3. The molecule has 0 aliphatic rings. The molecule has 3 rings (SSSR count). The zero-order chi connectivity index (χ0) is 14.5. The molecule has 0 radical (unpaired) electrons. The van der Waals surface area contributed by atoms with E-state index >= 15 is 0 Å². The van der Waals surface area contributed by atoms with Crippen molar-refractivity contribution in [2.24, 2.45) is 0 Å².